The van der Waals surface area contributed by atoms with E-state index in [0.29, 0.717) is 49.9 Å². The average Bonchev–Trinajstić information content (AvgIpc) is 3.14. The number of aromatic nitrogens is 6. The summed E-state index contributed by atoms with van der Waals surface area (Å²) in [5, 5.41) is 0. The minimum absolute atomic E-state index is 0.126. The zero-order valence-corrected chi connectivity index (χ0v) is 33.3. The maximum atomic E-state index is 13.7. The van der Waals surface area contributed by atoms with Crippen molar-refractivity contribution in [2.75, 3.05) is 0 Å². The van der Waals surface area contributed by atoms with E-state index in [2.05, 4.69) is 13.8 Å². The normalized spacial score (nSPS) is 11.4. The molecular formula is C42H60N6O6. The molecule has 294 valence electrons. The summed E-state index contributed by atoms with van der Waals surface area (Å²) in [6.07, 6.45) is 11.7. The van der Waals surface area contributed by atoms with Crippen LogP contribution in [0.15, 0.2) is 65.2 Å². The van der Waals surface area contributed by atoms with Crippen molar-refractivity contribution in [3.8, 4) is 11.4 Å². The van der Waals surface area contributed by atoms with Gasteiger partial charge in [0.25, 0.3) is 0 Å². The predicted molar refractivity (Wildman–Crippen MR) is 216 cm³/mol. The molecule has 0 aliphatic carbocycles. The van der Waals surface area contributed by atoms with Crippen LogP contribution in [0.2, 0.25) is 0 Å². The number of hydrogen-bond acceptors (Lipinski definition) is 6. The Kier molecular flexibility index (Phi) is 15.6. The Morgan fingerprint density at radius 1 is 0.352 bits per heavy atom. The van der Waals surface area contributed by atoms with Crippen molar-refractivity contribution in [1.29, 1.82) is 0 Å². The molecular weight excluding hydrogens is 684 g/mol. The van der Waals surface area contributed by atoms with Crippen LogP contribution in [-0.2, 0) is 26.2 Å². The molecule has 0 amide bonds. The molecule has 0 aliphatic rings. The second kappa shape index (κ2) is 20.1. The largest absolute Gasteiger partial charge is 0.340 e. The first-order chi connectivity index (χ1) is 25.9. The Balaban J connectivity index is 1.54. The smallest absolute Gasteiger partial charge is 0.247 e. The zero-order chi connectivity index (χ0) is 39.4. The molecule has 4 rings (SSSR count). The van der Waals surface area contributed by atoms with Gasteiger partial charge in [0, 0.05) is 26.2 Å². The minimum atomic E-state index is -0.661. The van der Waals surface area contributed by atoms with Crippen molar-refractivity contribution in [2.45, 2.75) is 158 Å². The highest BCUT2D eigenvalue weighted by Crippen LogP contribution is 2.13. The quantitative estimate of drug-likeness (QED) is 0.0953. The van der Waals surface area contributed by atoms with Crippen LogP contribution in [0.5, 0.6) is 0 Å². The van der Waals surface area contributed by atoms with Gasteiger partial charge in [-0.1, -0.05) is 90.2 Å². The Labute approximate surface area is 317 Å². The third-order valence-electron chi connectivity index (χ3n) is 10.6. The number of benzene rings is 2. The van der Waals surface area contributed by atoms with E-state index in [4.69, 9.17) is 0 Å². The second-order valence-electron chi connectivity index (χ2n) is 14.8. The van der Waals surface area contributed by atoms with Crippen LogP contribution >= 0.6 is 0 Å². The molecule has 12 nitrogen and oxygen atoms in total. The number of unbranched alkanes of at least 4 members (excludes halogenated alkanes) is 11. The number of nitrogens with zero attached hydrogens (tertiary/aromatic N) is 6. The highest BCUT2D eigenvalue weighted by Gasteiger charge is 2.19. The lowest BCUT2D eigenvalue weighted by Gasteiger charge is -2.15. The molecule has 0 N–H and O–H groups in total. The molecule has 54 heavy (non-hydrogen) atoms. The third-order valence-corrected chi connectivity index (χ3v) is 10.6. The number of hydrogen-bond donors (Lipinski definition) is 0. The zero-order valence-electron chi connectivity index (χ0n) is 33.3. The monoisotopic (exact) mass is 744 g/mol. The van der Waals surface area contributed by atoms with Crippen LogP contribution < -0.4 is 34.1 Å². The Morgan fingerprint density at radius 3 is 0.889 bits per heavy atom. The molecule has 0 radical (unpaired) electrons. The molecule has 0 bridgehead atoms. The Hall–Kier alpha value is -4.74. The molecule has 0 spiro atoms. The van der Waals surface area contributed by atoms with Crippen LogP contribution in [-0.4, -0.2) is 27.4 Å². The summed E-state index contributed by atoms with van der Waals surface area (Å²) in [5.74, 6) is 0. The first-order valence-electron chi connectivity index (χ1n) is 20.0. The van der Waals surface area contributed by atoms with Gasteiger partial charge in [-0.15, -0.1) is 0 Å². The van der Waals surface area contributed by atoms with Crippen molar-refractivity contribution < 1.29 is 0 Å². The van der Waals surface area contributed by atoms with E-state index >= 15 is 0 Å². The molecule has 0 saturated carbocycles. The molecule has 12 heteroatoms. The van der Waals surface area contributed by atoms with E-state index < -0.39 is 34.1 Å². The topological polar surface area (TPSA) is 132 Å². The summed E-state index contributed by atoms with van der Waals surface area (Å²) < 4.78 is 6.90. The summed E-state index contributed by atoms with van der Waals surface area (Å²) >= 11 is 0. The van der Waals surface area contributed by atoms with Gasteiger partial charge in [-0.05, 0) is 99.9 Å². The fourth-order valence-electron chi connectivity index (χ4n) is 6.84. The number of rotatable bonds is 21. The summed E-state index contributed by atoms with van der Waals surface area (Å²) in [7, 11) is 0. The fraction of sp³-hybridized carbons (Fsp3) is 0.571. The minimum Gasteiger partial charge on any atom is -0.247 e. The van der Waals surface area contributed by atoms with Crippen LogP contribution in [0.1, 0.15) is 126 Å². The van der Waals surface area contributed by atoms with E-state index in [0.717, 1.165) is 91.9 Å². The van der Waals surface area contributed by atoms with Gasteiger partial charge >= 0.3 is 34.1 Å². The van der Waals surface area contributed by atoms with Gasteiger partial charge in [-0.3, -0.25) is 0 Å². The Bertz CT molecular complexity index is 2090. The van der Waals surface area contributed by atoms with Gasteiger partial charge in [-0.25, -0.2) is 56.2 Å². The van der Waals surface area contributed by atoms with Crippen molar-refractivity contribution >= 4 is 0 Å². The molecule has 2 heterocycles. The summed E-state index contributed by atoms with van der Waals surface area (Å²) in [6.45, 7) is 12.7. The van der Waals surface area contributed by atoms with Crippen molar-refractivity contribution in [2.24, 2.45) is 0 Å². The van der Waals surface area contributed by atoms with Crippen LogP contribution in [0.4, 0.5) is 0 Å². The first-order valence-corrected chi connectivity index (χ1v) is 20.0. The maximum absolute atomic E-state index is 13.7. The molecule has 0 fully saturated rings. The lowest BCUT2D eigenvalue weighted by Crippen LogP contribution is -2.54. The van der Waals surface area contributed by atoms with Crippen molar-refractivity contribution in [3.63, 3.8) is 0 Å². The van der Waals surface area contributed by atoms with Gasteiger partial charge in [-0.2, -0.15) is 0 Å². The summed E-state index contributed by atoms with van der Waals surface area (Å²) in [5.41, 5.74) is 1.02. The average molecular weight is 745 g/mol. The summed E-state index contributed by atoms with van der Waals surface area (Å²) in [4.78, 5) is 81.9. The van der Waals surface area contributed by atoms with Crippen LogP contribution in [0.3, 0.4) is 0 Å². The Morgan fingerprint density at radius 2 is 0.630 bits per heavy atom. The standard InChI is InChI=1S/C42H60N6O6/c1-7-9-11-13-17-25-43-37(49)45(41(53)47(39(43)51)35-23-21-31(3)33(5)29-35)27-19-15-16-20-28-46-38(50)44(26-18-14-12-10-8-2)40(52)48(42(46)54)36-24-22-32(4)34(6)30-36/h21-24,29-30H,7-20,25-28H2,1-6H3. The first kappa shape index (κ1) is 42.0. The number of aryl methyl sites for hydroxylation is 4. The molecule has 2 aromatic heterocycles. The highest BCUT2D eigenvalue weighted by atomic mass is 16.2. The van der Waals surface area contributed by atoms with E-state index in [1.807, 2.05) is 39.8 Å². The van der Waals surface area contributed by atoms with Gasteiger partial charge in [0.2, 0.25) is 0 Å². The molecule has 0 aliphatic heterocycles. The van der Waals surface area contributed by atoms with Crippen molar-refractivity contribution in [1.82, 2.24) is 27.4 Å². The van der Waals surface area contributed by atoms with Gasteiger partial charge in [0.05, 0.1) is 11.4 Å². The van der Waals surface area contributed by atoms with Gasteiger partial charge in [0.1, 0.15) is 0 Å². The summed E-state index contributed by atoms with van der Waals surface area (Å²) in [6, 6.07) is 10.8. The van der Waals surface area contributed by atoms with E-state index in [9.17, 15) is 28.8 Å². The van der Waals surface area contributed by atoms with Gasteiger partial charge in [0.15, 0.2) is 0 Å². The molecule has 0 atom stereocenters. The maximum Gasteiger partial charge on any atom is 0.340 e. The van der Waals surface area contributed by atoms with Crippen molar-refractivity contribution in [3.05, 3.63) is 122 Å². The third kappa shape index (κ3) is 10.1. The lowest BCUT2D eigenvalue weighted by molar-refractivity contribution is 0.436. The molecule has 0 unspecified atom stereocenters. The van der Waals surface area contributed by atoms with E-state index in [1.54, 1.807) is 24.3 Å². The molecule has 4 aromatic rings. The second-order valence-corrected chi connectivity index (χ2v) is 14.8. The van der Waals surface area contributed by atoms with E-state index in [1.165, 1.54) is 9.13 Å². The molecule has 2 aromatic carbocycles. The SMILES string of the molecule is CCCCCCCn1c(=O)n(CCCCCCn2c(=O)n(CCCCCCC)c(=O)n(-c3ccc(C)c(C)c3)c2=O)c(=O)n(-c2ccc(C)c(C)c2)c1=O. The molecule has 0 saturated heterocycles. The van der Waals surface area contributed by atoms with E-state index in [-0.39, 0.29) is 26.2 Å². The predicted octanol–water partition coefficient (Wildman–Crippen LogP) is 6.07. The highest BCUT2D eigenvalue weighted by molar-refractivity contribution is 5.40. The fourth-order valence-corrected chi connectivity index (χ4v) is 6.84. The lowest BCUT2D eigenvalue weighted by atomic mass is 10.1. The van der Waals surface area contributed by atoms with Crippen LogP contribution in [0, 0.1) is 27.7 Å². The van der Waals surface area contributed by atoms with Crippen LogP contribution in [0.25, 0.3) is 11.4 Å². The van der Waals surface area contributed by atoms with Gasteiger partial charge < -0.3 is 0 Å².